The number of aromatic nitrogens is 2. The molecule has 2 amide bonds. The SMILES string of the molecule is Cc1nc(NC(=O)c2ccccc2Cl)sc1-c1csc(NC(=O)c2ccccc2)n1. The fourth-order valence-electron chi connectivity index (χ4n) is 2.69. The van der Waals surface area contributed by atoms with Crippen molar-refractivity contribution in [2.75, 3.05) is 10.6 Å². The van der Waals surface area contributed by atoms with Crippen molar-refractivity contribution in [3.63, 3.8) is 0 Å². The summed E-state index contributed by atoms with van der Waals surface area (Å²) in [5, 5.41) is 8.76. The second kappa shape index (κ2) is 8.74. The van der Waals surface area contributed by atoms with Crippen LogP contribution < -0.4 is 10.6 Å². The molecule has 0 atom stereocenters. The fourth-order valence-corrected chi connectivity index (χ4v) is 4.61. The van der Waals surface area contributed by atoms with Crippen LogP contribution in [0.5, 0.6) is 0 Å². The van der Waals surface area contributed by atoms with Crippen LogP contribution in [0, 0.1) is 6.92 Å². The summed E-state index contributed by atoms with van der Waals surface area (Å²) in [5.41, 5.74) is 2.37. The van der Waals surface area contributed by atoms with E-state index in [9.17, 15) is 9.59 Å². The number of nitrogens with one attached hydrogen (secondary N) is 2. The lowest BCUT2D eigenvalue weighted by atomic mass is 10.2. The number of anilines is 2. The van der Waals surface area contributed by atoms with Crippen LogP contribution in [0.3, 0.4) is 0 Å². The lowest BCUT2D eigenvalue weighted by Gasteiger charge is -2.03. The molecular weight excluding hydrogens is 440 g/mol. The van der Waals surface area contributed by atoms with Crippen LogP contribution in [-0.2, 0) is 0 Å². The zero-order valence-corrected chi connectivity index (χ0v) is 18.1. The van der Waals surface area contributed by atoms with Crippen molar-refractivity contribution < 1.29 is 9.59 Å². The molecule has 6 nitrogen and oxygen atoms in total. The molecule has 2 aromatic carbocycles. The summed E-state index contributed by atoms with van der Waals surface area (Å²) < 4.78 is 0. The standard InChI is InChI=1S/C21H15ClN4O2S2/c1-12-17(30-21(23-12)26-19(28)14-9-5-6-10-15(14)22)16-11-29-20(24-16)25-18(27)13-7-3-2-4-8-13/h2-11H,1H3,(H,23,26,28)(H,24,25,27). The lowest BCUT2D eigenvalue weighted by Crippen LogP contribution is -2.12. The van der Waals surface area contributed by atoms with E-state index in [4.69, 9.17) is 11.6 Å². The molecule has 0 radical (unpaired) electrons. The van der Waals surface area contributed by atoms with Crippen molar-refractivity contribution in [2.24, 2.45) is 0 Å². The third kappa shape index (κ3) is 4.40. The van der Waals surface area contributed by atoms with E-state index in [0.29, 0.717) is 32.1 Å². The molecule has 9 heteroatoms. The first kappa shape index (κ1) is 20.2. The molecule has 4 rings (SSSR count). The lowest BCUT2D eigenvalue weighted by molar-refractivity contribution is 0.101. The topological polar surface area (TPSA) is 84.0 Å². The normalized spacial score (nSPS) is 10.6. The van der Waals surface area contributed by atoms with E-state index in [1.165, 1.54) is 22.7 Å². The largest absolute Gasteiger partial charge is 0.298 e. The molecule has 150 valence electrons. The summed E-state index contributed by atoms with van der Waals surface area (Å²) >= 11 is 8.73. The Hall–Kier alpha value is -3.07. The minimum absolute atomic E-state index is 0.217. The van der Waals surface area contributed by atoms with Crippen LogP contribution in [0.2, 0.25) is 5.02 Å². The van der Waals surface area contributed by atoms with Crippen LogP contribution in [-0.4, -0.2) is 21.8 Å². The second-order valence-corrected chi connectivity index (χ2v) is 8.49. The van der Waals surface area contributed by atoms with E-state index >= 15 is 0 Å². The highest BCUT2D eigenvalue weighted by Gasteiger charge is 2.17. The number of halogens is 1. The van der Waals surface area contributed by atoms with Gasteiger partial charge in [0.05, 0.1) is 26.9 Å². The molecule has 2 aromatic heterocycles. The van der Waals surface area contributed by atoms with Crippen molar-refractivity contribution in [1.82, 2.24) is 9.97 Å². The third-order valence-electron chi connectivity index (χ3n) is 4.13. The Kier molecular flexibility index (Phi) is 5.89. The van der Waals surface area contributed by atoms with Crippen molar-refractivity contribution in [2.45, 2.75) is 6.92 Å². The van der Waals surface area contributed by atoms with Gasteiger partial charge in [0.2, 0.25) is 0 Å². The van der Waals surface area contributed by atoms with Gasteiger partial charge in [0.15, 0.2) is 10.3 Å². The van der Waals surface area contributed by atoms with E-state index in [-0.39, 0.29) is 11.8 Å². The van der Waals surface area contributed by atoms with Gasteiger partial charge in [-0.3, -0.25) is 20.2 Å². The molecule has 0 unspecified atom stereocenters. The number of benzene rings is 2. The first-order chi connectivity index (χ1) is 14.5. The highest BCUT2D eigenvalue weighted by atomic mass is 35.5. The Morgan fingerprint density at radius 1 is 0.900 bits per heavy atom. The maximum absolute atomic E-state index is 12.5. The zero-order valence-electron chi connectivity index (χ0n) is 15.7. The summed E-state index contributed by atoms with van der Waals surface area (Å²) in [7, 11) is 0. The molecule has 0 aliphatic heterocycles. The first-order valence-corrected chi connectivity index (χ1v) is 10.9. The molecule has 0 fully saturated rings. The Balaban J connectivity index is 1.49. The number of hydrogen-bond acceptors (Lipinski definition) is 6. The maximum Gasteiger partial charge on any atom is 0.258 e. The van der Waals surface area contributed by atoms with Gasteiger partial charge in [-0.25, -0.2) is 9.97 Å². The zero-order chi connectivity index (χ0) is 21.1. The van der Waals surface area contributed by atoms with E-state index < -0.39 is 0 Å². The van der Waals surface area contributed by atoms with Gasteiger partial charge in [-0.15, -0.1) is 11.3 Å². The third-order valence-corrected chi connectivity index (χ3v) is 6.31. The summed E-state index contributed by atoms with van der Waals surface area (Å²) in [6.07, 6.45) is 0. The number of carbonyl (C=O) groups excluding carboxylic acids is 2. The average Bonchev–Trinajstić information content (AvgIpc) is 3.35. The molecular formula is C21H15ClN4O2S2. The molecule has 30 heavy (non-hydrogen) atoms. The highest BCUT2D eigenvalue weighted by Crippen LogP contribution is 2.35. The summed E-state index contributed by atoms with van der Waals surface area (Å²) in [6.45, 7) is 1.85. The van der Waals surface area contributed by atoms with Gasteiger partial charge < -0.3 is 0 Å². The maximum atomic E-state index is 12.5. The molecule has 0 spiro atoms. The number of carbonyl (C=O) groups is 2. The molecule has 2 N–H and O–H groups in total. The van der Waals surface area contributed by atoms with Gasteiger partial charge in [-0.2, -0.15) is 0 Å². The minimum Gasteiger partial charge on any atom is -0.298 e. The molecule has 0 bridgehead atoms. The molecule has 0 saturated heterocycles. The van der Waals surface area contributed by atoms with E-state index in [2.05, 4.69) is 20.6 Å². The molecule has 2 heterocycles. The van der Waals surface area contributed by atoms with Crippen molar-refractivity contribution in [1.29, 1.82) is 0 Å². The van der Waals surface area contributed by atoms with Gasteiger partial charge in [-0.1, -0.05) is 53.3 Å². The van der Waals surface area contributed by atoms with Crippen LogP contribution in [0.4, 0.5) is 10.3 Å². The van der Waals surface area contributed by atoms with E-state index in [1.54, 1.807) is 48.5 Å². The van der Waals surface area contributed by atoms with Crippen molar-refractivity contribution >= 4 is 56.4 Å². The monoisotopic (exact) mass is 454 g/mol. The molecule has 0 aliphatic carbocycles. The predicted octanol–water partition coefficient (Wildman–Crippen LogP) is 5.73. The summed E-state index contributed by atoms with van der Waals surface area (Å²) in [4.78, 5) is 34.5. The first-order valence-electron chi connectivity index (χ1n) is 8.87. The average molecular weight is 455 g/mol. The van der Waals surface area contributed by atoms with Crippen LogP contribution in [0.25, 0.3) is 10.6 Å². The van der Waals surface area contributed by atoms with Crippen LogP contribution >= 0.6 is 34.3 Å². The van der Waals surface area contributed by atoms with E-state index in [0.717, 1.165) is 10.6 Å². The van der Waals surface area contributed by atoms with Crippen molar-refractivity contribution in [3.8, 4) is 10.6 Å². The van der Waals surface area contributed by atoms with Crippen molar-refractivity contribution in [3.05, 3.63) is 81.8 Å². The predicted molar refractivity (Wildman–Crippen MR) is 122 cm³/mol. The van der Waals surface area contributed by atoms with Gasteiger partial charge in [0, 0.05) is 10.9 Å². The second-order valence-electron chi connectivity index (χ2n) is 6.23. The Morgan fingerprint density at radius 2 is 1.60 bits per heavy atom. The Bertz CT molecular complexity index is 1220. The van der Waals surface area contributed by atoms with Crippen LogP contribution in [0.15, 0.2) is 60.0 Å². The number of nitrogens with zero attached hydrogens (tertiary/aromatic N) is 2. The highest BCUT2D eigenvalue weighted by molar-refractivity contribution is 7.20. The molecule has 0 saturated carbocycles. The van der Waals surface area contributed by atoms with E-state index in [1.807, 2.05) is 18.4 Å². The molecule has 4 aromatic rings. The van der Waals surface area contributed by atoms with Gasteiger partial charge >= 0.3 is 0 Å². The number of amides is 2. The number of hydrogen-bond donors (Lipinski definition) is 2. The number of aryl methyl sites for hydroxylation is 1. The smallest absolute Gasteiger partial charge is 0.258 e. The van der Waals surface area contributed by atoms with Gasteiger partial charge in [0.1, 0.15) is 0 Å². The quantitative estimate of drug-likeness (QED) is 0.403. The van der Waals surface area contributed by atoms with Crippen LogP contribution in [0.1, 0.15) is 26.4 Å². The number of thiazole rings is 2. The summed E-state index contributed by atoms with van der Waals surface area (Å²) in [6, 6.07) is 15.8. The summed E-state index contributed by atoms with van der Waals surface area (Å²) in [5.74, 6) is -0.541. The minimum atomic E-state index is -0.324. The Morgan fingerprint density at radius 3 is 2.37 bits per heavy atom. The molecule has 0 aliphatic rings. The van der Waals surface area contributed by atoms with Gasteiger partial charge in [0.25, 0.3) is 11.8 Å². The van der Waals surface area contributed by atoms with Gasteiger partial charge in [-0.05, 0) is 31.2 Å². The Labute approximate surface area is 185 Å². The fraction of sp³-hybridized carbons (Fsp3) is 0.0476. The number of rotatable bonds is 5.